The third-order valence-electron chi connectivity index (χ3n) is 2.83. The molecule has 1 aromatic carbocycles. The van der Waals surface area contributed by atoms with E-state index in [1.54, 1.807) is 25.6 Å². The molecular weight excluding hydrogens is 228 g/mol. The number of methoxy groups -OCH3 is 1. The smallest absolute Gasteiger partial charge is 0.108 e. The largest absolute Gasteiger partial charge is 0.398 e. The van der Waals surface area contributed by atoms with Gasteiger partial charge in [0.05, 0.1) is 6.61 Å². The van der Waals surface area contributed by atoms with Gasteiger partial charge in [-0.25, -0.2) is 0 Å². The van der Waals surface area contributed by atoms with Gasteiger partial charge in [0.2, 0.25) is 0 Å². The Kier molecular flexibility index (Phi) is 3.92. The lowest BCUT2D eigenvalue weighted by molar-refractivity contribution is 0.176. The van der Waals surface area contributed by atoms with Crippen LogP contribution in [0.15, 0.2) is 42.7 Å². The van der Waals surface area contributed by atoms with Gasteiger partial charge < -0.3 is 15.6 Å². The summed E-state index contributed by atoms with van der Waals surface area (Å²) in [5, 5.41) is 10.4. The zero-order valence-electron chi connectivity index (χ0n) is 10.2. The molecule has 1 unspecified atom stereocenters. The number of hydrogen-bond acceptors (Lipinski definition) is 4. The Balaban J connectivity index is 2.40. The molecule has 0 radical (unpaired) electrons. The molecule has 0 amide bonds. The van der Waals surface area contributed by atoms with Crippen molar-refractivity contribution in [2.75, 3.05) is 12.8 Å². The average Bonchev–Trinajstić information content (AvgIpc) is 2.40. The first-order chi connectivity index (χ1) is 8.74. The second kappa shape index (κ2) is 5.62. The van der Waals surface area contributed by atoms with E-state index in [0.717, 1.165) is 11.1 Å². The molecule has 4 nitrogen and oxygen atoms in total. The third kappa shape index (κ3) is 2.50. The summed E-state index contributed by atoms with van der Waals surface area (Å²) in [6, 6.07) is 9.26. The number of ether oxygens (including phenoxy) is 1. The van der Waals surface area contributed by atoms with Crippen molar-refractivity contribution >= 4 is 5.69 Å². The average molecular weight is 244 g/mol. The predicted molar refractivity (Wildman–Crippen MR) is 69.9 cm³/mol. The molecule has 94 valence electrons. The minimum absolute atomic E-state index is 0.452. The highest BCUT2D eigenvalue weighted by Gasteiger charge is 2.16. The Morgan fingerprint density at radius 3 is 2.78 bits per heavy atom. The minimum Gasteiger partial charge on any atom is -0.398 e. The van der Waals surface area contributed by atoms with E-state index in [4.69, 9.17) is 10.5 Å². The zero-order chi connectivity index (χ0) is 13.0. The fourth-order valence-corrected chi connectivity index (χ4v) is 1.90. The molecule has 3 N–H and O–H groups in total. The topological polar surface area (TPSA) is 68.4 Å². The Morgan fingerprint density at radius 2 is 2.06 bits per heavy atom. The highest BCUT2D eigenvalue weighted by molar-refractivity contribution is 5.49. The van der Waals surface area contributed by atoms with Crippen LogP contribution >= 0.6 is 0 Å². The van der Waals surface area contributed by atoms with E-state index in [2.05, 4.69) is 4.98 Å². The van der Waals surface area contributed by atoms with Crippen LogP contribution in [0.1, 0.15) is 22.8 Å². The summed E-state index contributed by atoms with van der Waals surface area (Å²) in [4.78, 5) is 4.00. The Hall–Kier alpha value is -1.91. The standard InChI is InChI=1S/C14H16N2O2/c1-18-9-10-4-2-3-5-11(10)14(17)12-8-16-7-6-13(12)15/h2-8,14,17H,9H2,1H3,(H2,15,16). The molecule has 2 rings (SSSR count). The number of hydrogen-bond donors (Lipinski definition) is 2. The van der Waals surface area contributed by atoms with Crippen molar-refractivity contribution in [3.05, 3.63) is 59.4 Å². The van der Waals surface area contributed by atoms with Crippen molar-refractivity contribution < 1.29 is 9.84 Å². The van der Waals surface area contributed by atoms with Crippen LogP contribution in [0.25, 0.3) is 0 Å². The van der Waals surface area contributed by atoms with E-state index in [-0.39, 0.29) is 0 Å². The second-order valence-corrected chi connectivity index (χ2v) is 4.04. The monoisotopic (exact) mass is 244 g/mol. The van der Waals surface area contributed by atoms with Gasteiger partial charge in [-0.2, -0.15) is 0 Å². The molecule has 0 saturated heterocycles. The second-order valence-electron chi connectivity index (χ2n) is 4.04. The van der Waals surface area contributed by atoms with Crippen molar-refractivity contribution in [1.82, 2.24) is 4.98 Å². The van der Waals surface area contributed by atoms with Crippen LogP contribution < -0.4 is 5.73 Å². The lowest BCUT2D eigenvalue weighted by atomic mass is 9.97. The number of nitrogens with two attached hydrogens (primary N) is 1. The molecule has 2 aromatic rings. The molecule has 0 fully saturated rings. The fourth-order valence-electron chi connectivity index (χ4n) is 1.90. The number of aromatic nitrogens is 1. The summed E-state index contributed by atoms with van der Waals surface area (Å²) < 4.78 is 5.13. The maximum Gasteiger partial charge on any atom is 0.108 e. The van der Waals surface area contributed by atoms with E-state index in [1.165, 1.54) is 0 Å². The molecule has 1 heterocycles. The van der Waals surface area contributed by atoms with E-state index >= 15 is 0 Å². The van der Waals surface area contributed by atoms with Crippen LogP contribution in [-0.2, 0) is 11.3 Å². The molecule has 0 saturated carbocycles. The first-order valence-electron chi connectivity index (χ1n) is 5.68. The molecule has 0 bridgehead atoms. The number of nitrogens with zero attached hydrogens (tertiary/aromatic N) is 1. The molecule has 0 aliphatic carbocycles. The maximum absolute atomic E-state index is 10.4. The van der Waals surface area contributed by atoms with Crippen molar-refractivity contribution in [2.45, 2.75) is 12.7 Å². The number of aliphatic hydroxyl groups excluding tert-OH is 1. The van der Waals surface area contributed by atoms with E-state index in [1.807, 2.05) is 24.3 Å². The van der Waals surface area contributed by atoms with Crippen molar-refractivity contribution in [3.8, 4) is 0 Å². The number of pyridine rings is 1. The van der Waals surface area contributed by atoms with Crippen LogP contribution in [0.4, 0.5) is 5.69 Å². The first-order valence-corrected chi connectivity index (χ1v) is 5.68. The number of anilines is 1. The predicted octanol–water partition coefficient (Wildman–Crippen LogP) is 1.89. The van der Waals surface area contributed by atoms with Gasteiger partial charge in [-0.15, -0.1) is 0 Å². The SMILES string of the molecule is COCc1ccccc1C(O)c1cnccc1N. The Labute approximate surface area is 106 Å². The molecule has 1 aromatic heterocycles. The van der Waals surface area contributed by atoms with Crippen molar-refractivity contribution in [3.63, 3.8) is 0 Å². The molecule has 18 heavy (non-hydrogen) atoms. The van der Waals surface area contributed by atoms with Gasteiger partial charge in [-0.1, -0.05) is 24.3 Å². The summed E-state index contributed by atoms with van der Waals surface area (Å²) in [6.07, 6.45) is 2.40. The highest BCUT2D eigenvalue weighted by Crippen LogP contribution is 2.28. The van der Waals surface area contributed by atoms with Gasteiger partial charge in [0.15, 0.2) is 0 Å². The summed E-state index contributed by atoms with van der Waals surface area (Å²) in [5.74, 6) is 0. The maximum atomic E-state index is 10.4. The Bertz CT molecular complexity index is 529. The fraction of sp³-hybridized carbons (Fsp3) is 0.214. The quantitative estimate of drug-likeness (QED) is 0.861. The summed E-state index contributed by atoms with van der Waals surface area (Å²) >= 11 is 0. The van der Waals surface area contributed by atoms with Crippen molar-refractivity contribution in [1.29, 1.82) is 0 Å². The van der Waals surface area contributed by atoms with Gasteiger partial charge in [0, 0.05) is 30.8 Å². The van der Waals surface area contributed by atoms with Crippen molar-refractivity contribution in [2.24, 2.45) is 0 Å². The van der Waals surface area contributed by atoms with Crippen LogP contribution in [0.2, 0.25) is 0 Å². The third-order valence-corrected chi connectivity index (χ3v) is 2.83. The van der Waals surface area contributed by atoms with Gasteiger partial charge in [0.25, 0.3) is 0 Å². The van der Waals surface area contributed by atoms with E-state index in [0.29, 0.717) is 17.9 Å². The van der Waals surface area contributed by atoms with Crippen LogP contribution in [0.3, 0.4) is 0 Å². The van der Waals surface area contributed by atoms with Gasteiger partial charge in [0.1, 0.15) is 6.10 Å². The van der Waals surface area contributed by atoms with E-state index < -0.39 is 6.10 Å². The highest BCUT2D eigenvalue weighted by atomic mass is 16.5. The van der Waals surface area contributed by atoms with E-state index in [9.17, 15) is 5.11 Å². The molecule has 0 aliphatic rings. The van der Waals surface area contributed by atoms with Gasteiger partial charge in [-0.05, 0) is 17.2 Å². The normalized spacial score (nSPS) is 12.3. The number of nitrogen functional groups attached to an aromatic ring is 1. The molecule has 0 spiro atoms. The van der Waals surface area contributed by atoms with Gasteiger partial charge >= 0.3 is 0 Å². The minimum atomic E-state index is -0.787. The van der Waals surface area contributed by atoms with Crippen LogP contribution in [-0.4, -0.2) is 17.2 Å². The summed E-state index contributed by atoms with van der Waals surface area (Å²) in [6.45, 7) is 0.452. The molecular formula is C14H16N2O2. The number of aliphatic hydroxyl groups is 1. The number of rotatable bonds is 4. The lowest BCUT2D eigenvalue weighted by Gasteiger charge is -2.16. The molecule has 1 atom stereocenters. The number of benzene rings is 1. The molecule has 0 aliphatic heterocycles. The zero-order valence-corrected chi connectivity index (χ0v) is 10.2. The molecule has 4 heteroatoms. The lowest BCUT2D eigenvalue weighted by Crippen LogP contribution is -2.07. The summed E-state index contributed by atoms with van der Waals surface area (Å²) in [5.41, 5.74) is 8.73. The first kappa shape index (κ1) is 12.5. The summed E-state index contributed by atoms with van der Waals surface area (Å²) in [7, 11) is 1.63. The van der Waals surface area contributed by atoms with Gasteiger partial charge in [-0.3, -0.25) is 4.98 Å². The Morgan fingerprint density at radius 1 is 1.28 bits per heavy atom. The van der Waals surface area contributed by atoms with Crippen LogP contribution in [0, 0.1) is 0 Å². The van der Waals surface area contributed by atoms with Crippen LogP contribution in [0.5, 0.6) is 0 Å².